The van der Waals surface area contributed by atoms with E-state index in [9.17, 15) is 115 Å². The van der Waals surface area contributed by atoms with Crippen LogP contribution in [0.2, 0.25) is 0 Å². The number of aromatic nitrogens is 7. The summed E-state index contributed by atoms with van der Waals surface area (Å²) < 4.78 is 156. The Bertz CT molecular complexity index is 4100. The molecule has 0 amide bonds. The van der Waals surface area contributed by atoms with Crippen molar-refractivity contribution < 1.29 is 184 Å². The third-order valence-electron chi connectivity index (χ3n) is 12.3. The van der Waals surface area contributed by atoms with Crippen molar-refractivity contribution >= 4 is 87.9 Å². The summed E-state index contributed by atoms with van der Waals surface area (Å²) >= 11 is 0. The summed E-state index contributed by atoms with van der Waals surface area (Å²) in [5, 5.41) is 67.3. The van der Waals surface area contributed by atoms with Crippen molar-refractivity contribution in [3.05, 3.63) is 61.2 Å². The number of hydrogen-bond donors (Lipinski definition) is 21. The summed E-state index contributed by atoms with van der Waals surface area (Å²) in [5.74, 6) is 4.95. The number of nitrogen functional groups attached to an aromatic ring is 3. The van der Waals surface area contributed by atoms with E-state index in [0.29, 0.717) is 4.68 Å². The van der Waals surface area contributed by atoms with E-state index in [2.05, 4.69) is 59.5 Å². The van der Waals surface area contributed by atoms with E-state index in [1.54, 1.807) is 5.92 Å². The number of rotatable bonds is 24. The zero-order chi connectivity index (χ0) is 75.8. The number of ether oxygens (including phenoxy) is 3. The van der Waals surface area contributed by atoms with Crippen molar-refractivity contribution in [2.75, 3.05) is 17.2 Å². The van der Waals surface area contributed by atoms with Crippen LogP contribution in [0.25, 0.3) is 0 Å². The predicted molar refractivity (Wildman–Crippen MR) is 310 cm³/mol. The standard InChI is InChI=1S/2C13H20N3O14P3.C11H17N4O14P3/c2*1-4-13(19)10(17)9(27-11(13)16-6(2)5-8(14)15-12(16)18)7(3)28-32(23,24)30-33(25,26)29-31(20,21)22;1-3-11(18)8(16)7(26-9(11)15-10(17)14-6(12)4-13-15)5(2)27-31(22,23)29-32(24,25)28-30(19,20)21/h2*1,5,7,9-11,17,19H,2-3H3,(H,23,24)(H,25,26)(H2,14,15,18)(H2,20,21,22);1,4-5,7-9,16,18H,2H3,(H,22,23)(H,24,25)(H2,12,14,17)(H2,19,20,21)/t7-,9+,10-,11+,13?;7-,9-,10+,11-,13?;5-,7-,8+,9-,11?/m011/s1. The van der Waals surface area contributed by atoms with Gasteiger partial charge < -0.3 is 121 Å². The van der Waals surface area contributed by atoms with Crippen molar-refractivity contribution in [3.63, 3.8) is 0 Å². The molecule has 21 atom stereocenters. The Hall–Kier alpha value is -4.48. The van der Waals surface area contributed by atoms with Crippen LogP contribution in [-0.4, -0.2) is 195 Å². The summed E-state index contributed by atoms with van der Waals surface area (Å²) in [6, 6.07) is 2.47. The molecule has 9 unspecified atom stereocenters. The number of phosphoric acid groups is 9. The highest BCUT2D eigenvalue weighted by atomic mass is 31.3. The first kappa shape index (κ1) is 85.9. The Morgan fingerprint density at radius 3 is 0.959 bits per heavy atom. The molecule has 24 N–H and O–H groups in total. The predicted octanol–water partition coefficient (Wildman–Crippen LogP) is -5.45. The molecule has 0 bridgehead atoms. The molecular weight excluding hydrogens is 1540 g/mol. The number of anilines is 3. The quantitative estimate of drug-likeness (QED) is 0.0294. The molecule has 0 radical (unpaired) electrons. The van der Waals surface area contributed by atoms with Gasteiger partial charge in [0.15, 0.2) is 29.9 Å². The molecule has 98 heavy (non-hydrogen) atoms. The average molecular weight is 1590 g/mol. The lowest BCUT2D eigenvalue weighted by molar-refractivity contribution is -0.0931. The zero-order valence-corrected chi connectivity index (χ0v) is 57.2. The molecule has 552 valence electrons. The second kappa shape index (κ2) is 30.8. The molecule has 3 aliphatic heterocycles. The molecular formula is C37H57N10O42P9. The SMILES string of the molecule is C#CC1(O)[C@@H](O)[C@@H]([C@@H](C)OP(=O)(O)OP(=O)(O)OP(=O)(O)O)O[C@H]1n1c(C)cc(N)nc1=O.C#CC1(O)[C@@H](O)[C@@H]([C@@H](C)OP(=O)(O)OP(=O)(O)OP(=O)(O)O)O[C@H]1n1ncc(N)nc1=O.C#CC1(O)[C@@H](O)[C@@H]([C@H](C)OP(=O)(O)OP(=O)(O)OP(=O)(O)O)O[C@H]1n1c(C)cc(N)nc1=O. The van der Waals surface area contributed by atoms with Gasteiger partial charge in [0.05, 0.1) is 24.5 Å². The highest BCUT2D eigenvalue weighted by Gasteiger charge is 2.62. The first-order valence-electron chi connectivity index (χ1n) is 25.0. The van der Waals surface area contributed by atoms with Crippen LogP contribution in [-0.2, 0) is 94.7 Å². The van der Waals surface area contributed by atoms with Crippen LogP contribution in [0.15, 0.2) is 32.7 Å². The fourth-order valence-corrected chi connectivity index (χ4v) is 18.2. The van der Waals surface area contributed by atoms with Gasteiger partial charge in [0.1, 0.15) is 54.1 Å². The molecule has 6 rings (SSSR count). The fourth-order valence-electron chi connectivity index (χ4n) is 8.56. The van der Waals surface area contributed by atoms with Crippen molar-refractivity contribution in [1.29, 1.82) is 0 Å². The van der Waals surface area contributed by atoms with Crippen LogP contribution < -0.4 is 34.3 Å². The summed E-state index contributed by atoms with van der Waals surface area (Å²) in [5.41, 5.74) is 5.48. The smallest absolute Gasteiger partial charge is 0.386 e. The lowest BCUT2D eigenvalue weighted by atomic mass is 9.93. The van der Waals surface area contributed by atoms with E-state index in [-0.39, 0.29) is 28.8 Å². The van der Waals surface area contributed by atoms with Gasteiger partial charge in [-0.2, -0.15) is 50.6 Å². The number of hydrogen-bond acceptors (Lipinski definition) is 37. The minimum absolute atomic E-state index is 0.111. The van der Waals surface area contributed by atoms with Gasteiger partial charge >= 0.3 is 87.5 Å². The first-order chi connectivity index (χ1) is 44.0. The minimum atomic E-state index is -5.80. The van der Waals surface area contributed by atoms with Gasteiger partial charge in [0.2, 0.25) is 5.60 Å². The van der Waals surface area contributed by atoms with Gasteiger partial charge in [-0.05, 0) is 46.8 Å². The molecule has 0 saturated carbocycles. The van der Waals surface area contributed by atoms with Gasteiger partial charge in [0.25, 0.3) is 0 Å². The van der Waals surface area contributed by atoms with Crippen LogP contribution in [0.1, 0.15) is 50.8 Å². The topological polar surface area (TPSA) is 824 Å². The lowest BCUT2D eigenvalue weighted by Gasteiger charge is -2.27. The van der Waals surface area contributed by atoms with Gasteiger partial charge in [-0.1, -0.05) is 17.8 Å². The summed E-state index contributed by atoms with van der Waals surface area (Å²) in [6.07, 6.45) is -5.41. The molecule has 3 aromatic rings. The second-order valence-electron chi connectivity index (χ2n) is 19.7. The third-order valence-corrected chi connectivity index (χ3v) is 24.0. The maximum Gasteiger partial charge on any atom is 0.490 e. The van der Waals surface area contributed by atoms with Crippen LogP contribution in [0.5, 0.6) is 0 Å². The molecule has 6 heterocycles. The Balaban J connectivity index is 0.000000312. The average Bonchev–Trinajstić information content (AvgIpc) is 1.62. The van der Waals surface area contributed by atoms with Gasteiger partial charge in [-0.25, -0.2) is 55.5 Å². The summed E-state index contributed by atoms with van der Waals surface area (Å²) in [4.78, 5) is 155. The highest BCUT2D eigenvalue weighted by molar-refractivity contribution is 7.67. The Morgan fingerprint density at radius 1 is 0.459 bits per heavy atom. The van der Waals surface area contributed by atoms with E-state index in [0.717, 1.165) is 36.1 Å². The number of terminal acetylenes is 3. The van der Waals surface area contributed by atoms with E-state index in [4.69, 9.17) is 80.0 Å². The molecule has 52 nitrogen and oxygen atoms in total. The molecule has 3 fully saturated rings. The van der Waals surface area contributed by atoms with Gasteiger partial charge in [0, 0.05) is 11.4 Å². The van der Waals surface area contributed by atoms with E-state index in [1.165, 1.54) is 26.0 Å². The van der Waals surface area contributed by atoms with Crippen molar-refractivity contribution in [3.8, 4) is 37.0 Å². The number of aliphatic hydroxyl groups excluding tert-OH is 3. The number of nitrogens with two attached hydrogens (primary N) is 3. The fraction of sp³-hybridized carbons (Fsp3) is 0.541. The highest BCUT2D eigenvalue weighted by Crippen LogP contribution is 2.69. The van der Waals surface area contributed by atoms with E-state index < -0.39 is 178 Å². The summed E-state index contributed by atoms with van der Waals surface area (Å²) in [6.45, 7) is 5.71. The van der Waals surface area contributed by atoms with Gasteiger partial charge in [-0.3, -0.25) is 22.7 Å². The zero-order valence-electron chi connectivity index (χ0n) is 49.1. The summed E-state index contributed by atoms with van der Waals surface area (Å²) in [7, 11) is -51.1. The van der Waals surface area contributed by atoms with Crippen molar-refractivity contribution in [2.24, 2.45) is 0 Å². The maximum atomic E-state index is 12.3. The first-order valence-corrected chi connectivity index (χ1v) is 38.6. The Kier molecular flexibility index (Phi) is 27.0. The van der Waals surface area contributed by atoms with Crippen LogP contribution in [0, 0.1) is 50.9 Å². The maximum absolute atomic E-state index is 12.3. The second-order valence-corrected chi connectivity index (χ2v) is 32.8. The largest absolute Gasteiger partial charge is 0.490 e. The molecule has 0 spiro atoms. The van der Waals surface area contributed by atoms with Crippen molar-refractivity contribution in [2.45, 2.75) is 125 Å². The van der Waals surface area contributed by atoms with Crippen LogP contribution in [0.4, 0.5) is 17.5 Å². The third kappa shape index (κ3) is 22.0. The molecule has 3 aliphatic rings. The van der Waals surface area contributed by atoms with Crippen LogP contribution in [0.3, 0.4) is 0 Å². The van der Waals surface area contributed by atoms with E-state index in [1.807, 2.05) is 11.8 Å². The molecule has 3 aromatic heterocycles. The number of nitrogens with zero attached hydrogens (tertiary/aromatic N) is 7. The Morgan fingerprint density at radius 2 is 0.714 bits per heavy atom. The lowest BCUT2D eigenvalue weighted by Crippen LogP contribution is -2.49. The molecule has 3 saturated heterocycles. The normalized spacial score (nSPS) is 30.4. The van der Waals surface area contributed by atoms with Crippen molar-refractivity contribution in [1.82, 2.24) is 33.9 Å². The number of phosphoric ester groups is 3. The molecule has 0 aromatic carbocycles. The monoisotopic (exact) mass is 1590 g/mol. The number of aliphatic hydroxyl groups is 6. The van der Waals surface area contributed by atoms with Gasteiger partial charge in [-0.15, -0.1) is 19.3 Å². The minimum Gasteiger partial charge on any atom is -0.386 e. The van der Waals surface area contributed by atoms with E-state index >= 15 is 0 Å². The number of aryl methyl sites for hydroxylation is 2. The molecule has 61 heteroatoms. The Labute approximate surface area is 544 Å². The van der Waals surface area contributed by atoms with Crippen LogP contribution >= 0.6 is 70.4 Å². The molecule has 0 aliphatic carbocycles.